The van der Waals surface area contributed by atoms with Crippen LogP contribution in [-0.4, -0.2) is 47.5 Å². The maximum absolute atomic E-state index is 11.4. The van der Waals surface area contributed by atoms with Crippen LogP contribution in [0.5, 0.6) is 0 Å². The lowest BCUT2D eigenvalue weighted by Crippen LogP contribution is -2.41. The van der Waals surface area contributed by atoms with E-state index in [9.17, 15) is 14.4 Å². The van der Waals surface area contributed by atoms with Crippen molar-refractivity contribution < 1.29 is 29.0 Å². The van der Waals surface area contributed by atoms with Gasteiger partial charge in [0, 0.05) is 6.54 Å². The first-order valence-corrected chi connectivity index (χ1v) is 7.38. The highest BCUT2D eigenvalue weighted by Gasteiger charge is 2.20. The largest absolute Gasteiger partial charge is 0.480 e. The zero-order chi connectivity index (χ0) is 17.2. The Kier molecular flexibility index (Phi) is 9.32. The molecule has 0 saturated carbocycles. The number of unbranched alkanes of at least 4 members (excludes halogenated alkanes) is 1. The van der Waals surface area contributed by atoms with Gasteiger partial charge in [-0.1, -0.05) is 11.6 Å². The second-order valence-electron chi connectivity index (χ2n) is 5.50. The molecule has 0 bridgehead atoms. The van der Waals surface area contributed by atoms with Crippen LogP contribution >= 0.6 is 11.6 Å². The summed E-state index contributed by atoms with van der Waals surface area (Å²) in [5, 5.41) is 13.7. The van der Waals surface area contributed by atoms with E-state index in [2.05, 4.69) is 15.4 Å². The van der Waals surface area contributed by atoms with Crippen LogP contribution in [0, 0.1) is 0 Å². The Morgan fingerprint density at radius 3 is 2.32 bits per heavy atom. The second-order valence-corrected chi connectivity index (χ2v) is 5.72. The predicted molar refractivity (Wildman–Crippen MR) is 79.8 cm³/mol. The van der Waals surface area contributed by atoms with Gasteiger partial charge in [0.25, 0.3) is 0 Å². The number of rotatable bonds is 8. The Bertz CT molecular complexity index is 383. The minimum Gasteiger partial charge on any atom is -0.480 e. The van der Waals surface area contributed by atoms with Crippen LogP contribution in [0.15, 0.2) is 0 Å². The molecule has 0 fully saturated rings. The van der Waals surface area contributed by atoms with Crippen molar-refractivity contribution >= 4 is 29.8 Å². The van der Waals surface area contributed by atoms with Crippen LogP contribution in [-0.2, 0) is 14.3 Å². The number of hydrogen-bond acceptors (Lipinski definition) is 5. The number of carbonyl (C=O) groups is 3. The molecular weight excluding hydrogens is 316 g/mol. The number of hydrogen-bond donors (Lipinski definition) is 3. The fourth-order valence-electron chi connectivity index (χ4n) is 1.47. The van der Waals surface area contributed by atoms with Gasteiger partial charge in [-0.05, 0) is 40.0 Å². The van der Waals surface area contributed by atoms with E-state index in [0.717, 1.165) is 0 Å². The lowest BCUT2D eigenvalue weighted by Gasteiger charge is -2.19. The number of carboxylic acids is 1. The molecule has 0 aromatic heterocycles. The summed E-state index contributed by atoms with van der Waals surface area (Å²) < 4.78 is 9.46. The molecule has 0 aliphatic carbocycles. The van der Waals surface area contributed by atoms with Gasteiger partial charge in [0.2, 0.25) is 0 Å². The van der Waals surface area contributed by atoms with E-state index in [0.29, 0.717) is 19.4 Å². The van der Waals surface area contributed by atoms with Crippen LogP contribution in [0.4, 0.5) is 9.59 Å². The normalized spacial score (nSPS) is 12.2. The lowest BCUT2D eigenvalue weighted by molar-refractivity contribution is -0.139. The van der Waals surface area contributed by atoms with Crippen molar-refractivity contribution in [3.63, 3.8) is 0 Å². The maximum atomic E-state index is 11.4. The SMILES string of the molecule is CC(C)(C)OC(=O)NCCCC[C@H](NC(=O)OCCl)C(=O)O. The summed E-state index contributed by atoms with van der Waals surface area (Å²) in [5.41, 5.74) is -0.564. The average molecular weight is 339 g/mol. The third-order valence-corrected chi connectivity index (χ3v) is 2.47. The molecule has 0 aromatic carbocycles. The highest BCUT2D eigenvalue weighted by molar-refractivity contribution is 6.17. The number of alkyl halides is 1. The third kappa shape index (κ3) is 11.0. The molecular formula is C13H23ClN2O6. The van der Waals surface area contributed by atoms with Gasteiger partial charge in [0.1, 0.15) is 11.6 Å². The number of carboxylic acid groups (broad SMARTS) is 1. The van der Waals surface area contributed by atoms with E-state index in [4.69, 9.17) is 21.4 Å². The number of ether oxygens (including phenoxy) is 2. The number of amides is 2. The quantitative estimate of drug-likeness (QED) is 0.461. The van der Waals surface area contributed by atoms with E-state index in [1.54, 1.807) is 20.8 Å². The number of nitrogens with one attached hydrogen (secondary N) is 2. The molecule has 0 unspecified atom stereocenters. The number of halogens is 1. The van der Waals surface area contributed by atoms with Crippen LogP contribution in [0.1, 0.15) is 40.0 Å². The molecule has 8 nitrogen and oxygen atoms in total. The Labute approximate surface area is 134 Å². The van der Waals surface area contributed by atoms with Crippen molar-refractivity contribution in [3.05, 3.63) is 0 Å². The van der Waals surface area contributed by atoms with Gasteiger partial charge in [0.15, 0.2) is 6.07 Å². The van der Waals surface area contributed by atoms with Crippen LogP contribution < -0.4 is 10.6 Å². The summed E-state index contributed by atoms with van der Waals surface area (Å²) in [6.45, 7) is 5.63. The highest BCUT2D eigenvalue weighted by Crippen LogP contribution is 2.07. The zero-order valence-electron chi connectivity index (χ0n) is 13.0. The molecule has 128 valence electrons. The van der Waals surface area contributed by atoms with E-state index in [1.807, 2.05) is 0 Å². The van der Waals surface area contributed by atoms with Gasteiger partial charge >= 0.3 is 18.2 Å². The summed E-state index contributed by atoms with van der Waals surface area (Å²) in [4.78, 5) is 33.5. The van der Waals surface area contributed by atoms with E-state index in [1.165, 1.54) is 0 Å². The van der Waals surface area contributed by atoms with Crippen molar-refractivity contribution in [1.82, 2.24) is 10.6 Å². The fourth-order valence-corrected chi connectivity index (χ4v) is 1.57. The summed E-state index contributed by atoms with van der Waals surface area (Å²) in [5.74, 6) is -1.16. The minimum atomic E-state index is -1.16. The molecule has 0 aliphatic rings. The van der Waals surface area contributed by atoms with Crippen molar-refractivity contribution in [3.8, 4) is 0 Å². The summed E-state index contributed by atoms with van der Waals surface area (Å²) in [6, 6.07) is -1.41. The smallest absolute Gasteiger partial charge is 0.409 e. The Balaban J connectivity index is 3.93. The predicted octanol–water partition coefficient (Wildman–Crippen LogP) is 2.06. The molecule has 0 radical (unpaired) electrons. The molecule has 0 aromatic rings. The van der Waals surface area contributed by atoms with Crippen LogP contribution in [0.2, 0.25) is 0 Å². The maximum Gasteiger partial charge on any atom is 0.409 e. The Hall–Kier alpha value is -1.70. The first kappa shape index (κ1) is 20.3. The van der Waals surface area contributed by atoms with Gasteiger partial charge in [-0.25, -0.2) is 14.4 Å². The second kappa shape index (κ2) is 10.1. The van der Waals surface area contributed by atoms with Crippen LogP contribution in [0.3, 0.4) is 0 Å². The lowest BCUT2D eigenvalue weighted by atomic mass is 10.1. The molecule has 1 atom stereocenters. The molecule has 0 rings (SSSR count). The zero-order valence-corrected chi connectivity index (χ0v) is 13.7. The fraction of sp³-hybridized carbons (Fsp3) is 0.769. The number of alkyl carbamates (subject to hydrolysis) is 2. The monoisotopic (exact) mass is 338 g/mol. The number of carbonyl (C=O) groups excluding carboxylic acids is 2. The van der Waals surface area contributed by atoms with Gasteiger partial charge in [0.05, 0.1) is 0 Å². The number of aliphatic carboxylic acids is 1. The highest BCUT2D eigenvalue weighted by atomic mass is 35.5. The van der Waals surface area contributed by atoms with Crippen LogP contribution in [0.25, 0.3) is 0 Å². The molecule has 3 N–H and O–H groups in total. The molecule has 0 heterocycles. The Morgan fingerprint density at radius 2 is 1.82 bits per heavy atom. The van der Waals surface area contributed by atoms with Gasteiger partial charge in [-0.2, -0.15) is 0 Å². The molecule has 0 saturated heterocycles. The Morgan fingerprint density at radius 1 is 1.18 bits per heavy atom. The summed E-state index contributed by atoms with van der Waals surface area (Å²) >= 11 is 5.20. The van der Waals surface area contributed by atoms with Crippen molar-refractivity contribution in [1.29, 1.82) is 0 Å². The summed E-state index contributed by atoms with van der Waals surface area (Å²) in [7, 11) is 0. The van der Waals surface area contributed by atoms with Crippen molar-refractivity contribution in [2.45, 2.75) is 51.7 Å². The van der Waals surface area contributed by atoms with Crippen molar-refractivity contribution in [2.75, 3.05) is 12.6 Å². The topological polar surface area (TPSA) is 114 Å². The first-order valence-electron chi connectivity index (χ1n) is 6.84. The molecule has 2 amide bonds. The third-order valence-electron chi connectivity index (χ3n) is 2.36. The molecule has 0 spiro atoms. The molecule has 9 heteroatoms. The van der Waals surface area contributed by atoms with Crippen molar-refractivity contribution in [2.24, 2.45) is 0 Å². The van der Waals surface area contributed by atoms with Gasteiger partial charge < -0.3 is 25.2 Å². The van der Waals surface area contributed by atoms with E-state index < -0.39 is 29.8 Å². The molecule has 22 heavy (non-hydrogen) atoms. The first-order chi connectivity index (χ1) is 10.2. The van der Waals surface area contributed by atoms with Gasteiger partial charge in [-0.3, -0.25) is 0 Å². The minimum absolute atomic E-state index is 0.211. The summed E-state index contributed by atoms with van der Waals surface area (Å²) in [6.07, 6.45) is -0.147. The van der Waals surface area contributed by atoms with E-state index >= 15 is 0 Å². The standard InChI is InChI=1S/C13H23ClN2O6/c1-13(2,3)22-11(19)15-7-5-4-6-9(10(17)18)16-12(20)21-8-14/h9H,4-8H2,1-3H3,(H,15,19)(H,16,20)(H,17,18)/t9-/m0/s1. The average Bonchev–Trinajstić information content (AvgIpc) is 2.34. The van der Waals surface area contributed by atoms with Gasteiger partial charge in [-0.15, -0.1) is 0 Å². The molecule has 0 aliphatic heterocycles. The van der Waals surface area contributed by atoms with E-state index in [-0.39, 0.29) is 12.5 Å².